The average Bonchev–Trinajstić information content (AvgIpc) is 2.35. The Labute approximate surface area is 120 Å². The molecule has 1 atom stereocenters. The van der Waals surface area contributed by atoms with Crippen LogP contribution < -0.4 is 5.32 Å². The second-order valence-electron chi connectivity index (χ2n) is 4.09. The fourth-order valence-corrected chi connectivity index (χ4v) is 1.85. The van der Waals surface area contributed by atoms with Crippen LogP contribution in [-0.4, -0.2) is 39.2 Å². The molecule has 2 N–H and O–H groups in total. The van der Waals surface area contributed by atoms with Gasteiger partial charge < -0.3 is 10.4 Å². The van der Waals surface area contributed by atoms with Crippen LogP contribution in [0.3, 0.4) is 0 Å². The highest BCUT2D eigenvalue weighted by Gasteiger charge is 2.25. The van der Waals surface area contributed by atoms with Crippen LogP contribution in [0.4, 0.5) is 0 Å². The molecule has 1 amide bonds. The Kier molecular flexibility index (Phi) is 5.56. The Morgan fingerprint density at radius 2 is 2.11 bits per heavy atom. The standard InChI is InChI=1S/C11H14ClN3O3S/c1-5(2)7(10(17)18)14-9(16)8-6(12)4-13-11(15-8)19-3/h4-5,7H,1-3H3,(H,14,16)(H,17,18)/t7-/m1/s1. The fraction of sp³-hybridized carbons (Fsp3) is 0.455. The van der Waals surface area contributed by atoms with E-state index in [1.807, 2.05) is 0 Å². The van der Waals surface area contributed by atoms with E-state index >= 15 is 0 Å². The Morgan fingerprint density at radius 3 is 2.58 bits per heavy atom. The van der Waals surface area contributed by atoms with Gasteiger partial charge in [0, 0.05) is 0 Å². The molecule has 0 radical (unpaired) electrons. The van der Waals surface area contributed by atoms with Crippen LogP contribution in [0.15, 0.2) is 11.4 Å². The number of nitrogens with zero attached hydrogens (tertiary/aromatic N) is 2. The number of halogens is 1. The zero-order valence-electron chi connectivity index (χ0n) is 10.7. The summed E-state index contributed by atoms with van der Waals surface area (Å²) in [5.74, 6) is -1.97. The molecular formula is C11H14ClN3O3S. The van der Waals surface area contributed by atoms with Crippen LogP contribution in [0.25, 0.3) is 0 Å². The lowest BCUT2D eigenvalue weighted by molar-refractivity contribution is -0.140. The third-order valence-electron chi connectivity index (χ3n) is 2.34. The van der Waals surface area contributed by atoms with Crippen molar-refractivity contribution < 1.29 is 14.7 Å². The molecular weight excluding hydrogens is 290 g/mol. The van der Waals surface area contributed by atoms with E-state index in [-0.39, 0.29) is 16.6 Å². The third kappa shape index (κ3) is 4.07. The molecule has 0 aliphatic heterocycles. The minimum atomic E-state index is -1.10. The lowest BCUT2D eigenvalue weighted by atomic mass is 10.0. The Hall–Kier alpha value is -1.34. The van der Waals surface area contributed by atoms with Crippen LogP contribution >= 0.6 is 23.4 Å². The molecule has 1 aromatic heterocycles. The van der Waals surface area contributed by atoms with E-state index in [1.165, 1.54) is 18.0 Å². The van der Waals surface area contributed by atoms with Crippen molar-refractivity contribution in [1.29, 1.82) is 0 Å². The number of carboxylic acids is 1. The number of aromatic nitrogens is 2. The summed E-state index contributed by atoms with van der Waals surface area (Å²) in [6, 6.07) is -0.990. The maximum atomic E-state index is 12.0. The van der Waals surface area contributed by atoms with Gasteiger partial charge in [0.2, 0.25) is 0 Å². The summed E-state index contributed by atoms with van der Waals surface area (Å²) >= 11 is 7.11. The minimum Gasteiger partial charge on any atom is -0.480 e. The first-order valence-electron chi connectivity index (χ1n) is 5.47. The topological polar surface area (TPSA) is 92.2 Å². The number of aliphatic carboxylic acids is 1. The number of rotatable bonds is 5. The molecule has 0 spiro atoms. The first kappa shape index (κ1) is 15.7. The summed E-state index contributed by atoms with van der Waals surface area (Å²) in [6.45, 7) is 3.40. The quantitative estimate of drug-likeness (QED) is 0.635. The van der Waals surface area contributed by atoms with E-state index in [2.05, 4.69) is 15.3 Å². The van der Waals surface area contributed by atoms with Gasteiger partial charge in [-0.15, -0.1) is 0 Å². The van der Waals surface area contributed by atoms with Crippen LogP contribution in [0.1, 0.15) is 24.3 Å². The number of thioether (sulfide) groups is 1. The molecule has 6 nitrogen and oxygen atoms in total. The molecule has 0 saturated heterocycles. The van der Waals surface area contributed by atoms with Gasteiger partial charge in [0.05, 0.1) is 11.2 Å². The predicted molar refractivity (Wildman–Crippen MR) is 72.6 cm³/mol. The van der Waals surface area contributed by atoms with E-state index in [0.717, 1.165) is 0 Å². The van der Waals surface area contributed by atoms with Gasteiger partial charge in [0.15, 0.2) is 10.9 Å². The number of carbonyl (C=O) groups is 2. The van der Waals surface area contributed by atoms with E-state index in [0.29, 0.717) is 5.16 Å². The van der Waals surface area contributed by atoms with E-state index in [9.17, 15) is 9.59 Å². The highest BCUT2D eigenvalue weighted by atomic mass is 35.5. The number of carbonyl (C=O) groups excluding carboxylic acids is 1. The zero-order valence-corrected chi connectivity index (χ0v) is 12.2. The summed E-state index contributed by atoms with van der Waals surface area (Å²) in [7, 11) is 0. The van der Waals surface area contributed by atoms with Crippen molar-refractivity contribution in [2.75, 3.05) is 6.26 Å². The lowest BCUT2D eigenvalue weighted by Crippen LogP contribution is -2.44. The Balaban J connectivity index is 2.97. The van der Waals surface area contributed by atoms with Crippen LogP contribution in [-0.2, 0) is 4.79 Å². The summed E-state index contributed by atoms with van der Waals surface area (Å²) in [5, 5.41) is 11.9. The molecule has 8 heteroatoms. The molecule has 0 bridgehead atoms. The number of nitrogens with one attached hydrogen (secondary N) is 1. The van der Waals surface area contributed by atoms with Gasteiger partial charge in [-0.2, -0.15) is 0 Å². The third-order valence-corrected chi connectivity index (χ3v) is 3.18. The molecule has 104 valence electrons. The second kappa shape index (κ2) is 6.72. The normalized spacial score (nSPS) is 12.3. The number of hydrogen-bond acceptors (Lipinski definition) is 5. The average molecular weight is 304 g/mol. The SMILES string of the molecule is CSc1ncc(Cl)c(C(=O)N[C@@H](C(=O)O)C(C)C)n1. The highest BCUT2D eigenvalue weighted by Crippen LogP contribution is 2.17. The zero-order chi connectivity index (χ0) is 14.6. The van der Waals surface area contributed by atoms with Gasteiger partial charge in [-0.3, -0.25) is 4.79 Å². The van der Waals surface area contributed by atoms with Crippen molar-refractivity contribution in [3.8, 4) is 0 Å². The summed E-state index contributed by atoms with van der Waals surface area (Å²) < 4.78 is 0. The van der Waals surface area contributed by atoms with Crippen molar-refractivity contribution in [2.24, 2.45) is 5.92 Å². The summed E-state index contributed by atoms with van der Waals surface area (Å²) in [4.78, 5) is 30.9. The van der Waals surface area contributed by atoms with Gasteiger partial charge >= 0.3 is 5.97 Å². The second-order valence-corrected chi connectivity index (χ2v) is 5.27. The van der Waals surface area contributed by atoms with Crippen molar-refractivity contribution >= 4 is 35.2 Å². The van der Waals surface area contributed by atoms with Crippen LogP contribution in [0, 0.1) is 5.92 Å². The molecule has 0 aromatic carbocycles. The number of carboxylic acid groups (broad SMARTS) is 1. The summed E-state index contributed by atoms with van der Waals surface area (Å²) in [6.07, 6.45) is 3.08. The lowest BCUT2D eigenvalue weighted by Gasteiger charge is -2.17. The molecule has 0 unspecified atom stereocenters. The van der Waals surface area contributed by atoms with Crippen LogP contribution in [0.5, 0.6) is 0 Å². The largest absolute Gasteiger partial charge is 0.480 e. The molecule has 0 aliphatic rings. The maximum Gasteiger partial charge on any atom is 0.326 e. The van der Waals surface area contributed by atoms with Gasteiger partial charge in [-0.25, -0.2) is 14.8 Å². The Bertz CT molecular complexity index is 496. The number of amides is 1. The smallest absolute Gasteiger partial charge is 0.326 e. The summed E-state index contributed by atoms with van der Waals surface area (Å²) in [5.41, 5.74) is -0.0204. The maximum absolute atomic E-state index is 12.0. The fourth-order valence-electron chi connectivity index (χ4n) is 1.33. The van der Waals surface area contributed by atoms with Crippen molar-refractivity contribution in [3.05, 3.63) is 16.9 Å². The molecule has 0 fully saturated rings. The highest BCUT2D eigenvalue weighted by molar-refractivity contribution is 7.98. The van der Waals surface area contributed by atoms with Gasteiger partial charge in [-0.05, 0) is 12.2 Å². The monoisotopic (exact) mass is 303 g/mol. The van der Waals surface area contributed by atoms with Crippen molar-refractivity contribution in [1.82, 2.24) is 15.3 Å². The van der Waals surface area contributed by atoms with Gasteiger partial charge in [-0.1, -0.05) is 37.2 Å². The Morgan fingerprint density at radius 1 is 1.47 bits per heavy atom. The first-order valence-corrected chi connectivity index (χ1v) is 7.07. The van der Waals surface area contributed by atoms with Crippen LogP contribution in [0.2, 0.25) is 5.02 Å². The van der Waals surface area contributed by atoms with E-state index in [4.69, 9.17) is 16.7 Å². The minimum absolute atomic E-state index is 0.0204. The molecule has 1 aromatic rings. The van der Waals surface area contributed by atoms with Crippen molar-refractivity contribution in [2.45, 2.75) is 25.0 Å². The molecule has 0 saturated carbocycles. The van der Waals surface area contributed by atoms with Gasteiger partial charge in [0.1, 0.15) is 6.04 Å². The van der Waals surface area contributed by atoms with Gasteiger partial charge in [0.25, 0.3) is 5.91 Å². The van der Waals surface area contributed by atoms with Crippen molar-refractivity contribution in [3.63, 3.8) is 0 Å². The molecule has 1 rings (SSSR count). The predicted octanol–water partition coefficient (Wildman–Crippen LogP) is 1.69. The molecule has 1 heterocycles. The van der Waals surface area contributed by atoms with E-state index in [1.54, 1.807) is 20.1 Å². The molecule has 19 heavy (non-hydrogen) atoms. The molecule has 0 aliphatic carbocycles. The first-order chi connectivity index (χ1) is 8.86. The number of hydrogen-bond donors (Lipinski definition) is 2. The van der Waals surface area contributed by atoms with E-state index < -0.39 is 17.9 Å².